The number of hydrogen-bond donors (Lipinski definition) is 0. The Hall–Kier alpha value is -5.35. The van der Waals surface area contributed by atoms with E-state index in [2.05, 4.69) is 152 Å². The maximum atomic E-state index is 5.17. The number of nitrogens with zero attached hydrogens (tertiary/aromatic N) is 1. The van der Waals surface area contributed by atoms with Crippen molar-refractivity contribution in [2.45, 2.75) is 0 Å². The standard InChI is InChI=1S/C43H25NS2/c1-2-10-28(11-3-1)40-36-25-24-34-33-17-9-15-30(42(33)46-43(34)39(36)35-13-4-6-18-37(35)44-40)27-22-20-26(21-23-27)29-14-8-16-32-31-12-5-7-19-38(31)45-41(29)32/h1-25H. The van der Waals surface area contributed by atoms with Crippen molar-refractivity contribution in [1.29, 1.82) is 0 Å². The lowest BCUT2D eigenvalue weighted by molar-refractivity contribution is 1.43. The smallest absolute Gasteiger partial charge is 0.0788 e. The summed E-state index contributed by atoms with van der Waals surface area (Å²) >= 11 is 3.80. The summed E-state index contributed by atoms with van der Waals surface area (Å²) < 4.78 is 5.34. The Labute approximate surface area is 273 Å². The maximum absolute atomic E-state index is 5.17. The van der Waals surface area contributed by atoms with Gasteiger partial charge in [0, 0.05) is 62.1 Å². The molecule has 1 nitrogen and oxygen atoms in total. The fourth-order valence-electron chi connectivity index (χ4n) is 7.14. The van der Waals surface area contributed by atoms with Gasteiger partial charge in [0.25, 0.3) is 0 Å². The molecule has 0 unspecified atom stereocenters. The van der Waals surface area contributed by atoms with Gasteiger partial charge in [-0.2, -0.15) is 0 Å². The van der Waals surface area contributed by atoms with Crippen LogP contribution in [0.4, 0.5) is 0 Å². The molecule has 0 amide bonds. The van der Waals surface area contributed by atoms with Gasteiger partial charge < -0.3 is 0 Å². The number of rotatable bonds is 3. The first-order chi connectivity index (χ1) is 22.8. The number of aromatic nitrogens is 1. The molecule has 3 heterocycles. The van der Waals surface area contributed by atoms with Gasteiger partial charge in [-0.05, 0) is 34.4 Å². The molecule has 46 heavy (non-hydrogen) atoms. The predicted octanol–water partition coefficient (Wildman–Crippen LogP) is 13.1. The van der Waals surface area contributed by atoms with Crippen LogP contribution in [0.2, 0.25) is 0 Å². The molecular formula is C43H25NS2. The molecule has 0 saturated heterocycles. The first kappa shape index (κ1) is 25.9. The minimum Gasteiger partial charge on any atom is -0.247 e. The first-order valence-electron chi connectivity index (χ1n) is 15.5. The van der Waals surface area contributed by atoms with E-state index in [0.29, 0.717) is 0 Å². The monoisotopic (exact) mass is 619 g/mol. The summed E-state index contributed by atoms with van der Waals surface area (Å²) in [6.07, 6.45) is 0. The van der Waals surface area contributed by atoms with Gasteiger partial charge in [0.2, 0.25) is 0 Å². The van der Waals surface area contributed by atoms with Crippen LogP contribution >= 0.6 is 22.7 Å². The number of benzene rings is 7. The van der Waals surface area contributed by atoms with Crippen molar-refractivity contribution < 1.29 is 0 Å². The van der Waals surface area contributed by atoms with Gasteiger partial charge in [-0.25, -0.2) is 4.98 Å². The number of thiophene rings is 2. The third-order valence-electron chi connectivity index (χ3n) is 9.29. The first-order valence-corrected chi connectivity index (χ1v) is 17.2. The molecule has 0 fully saturated rings. The quantitative estimate of drug-likeness (QED) is 0.179. The van der Waals surface area contributed by atoms with E-state index in [4.69, 9.17) is 4.98 Å². The van der Waals surface area contributed by atoms with Crippen LogP contribution in [0, 0.1) is 0 Å². The lowest BCUT2D eigenvalue weighted by Crippen LogP contribution is -1.89. The molecule has 214 valence electrons. The van der Waals surface area contributed by atoms with Gasteiger partial charge >= 0.3 is 0 Å². The lowest BCUT2D eigenvalue weighted by Gasteiger charge is -2.11. The Bertz CT molecular complexity index is 2790. The normalized spacial score (nSPS) is 11.9. The second-order valence-corrected chi connectivity index (χ2v) is 13.9. The van der Waals surface area contributed by atoms with Gasteiger partial charge in [-0.3, -0.25) is 0 Å². The largest absolute Gasteiger partial charge is 0.247 e. The molecule has 0 saturated carbocycles. The molecule has 0 N–H and O–H groups in total. The summed E-state index contributed by atoms with van der Waals surface area (Å²) in [7, 11) is 0. The molecular weight excluding hydrogens is 595 g/mol. The van der Waals surface area contributed by atoms with E-state index >= 15 is 0 Å². The molecule has 0 aliphatic rings. The zero-order valence-electron chi connectivity index (χ0n) is 24.7. The topological polar surface area (TPSA) is 12.9 Å². The predicted molar refractivity (Wildman–Crippen MR) is 201 cm³/mol. The van der Waals surface area contributed by atoms with E-state index in [0.717, 1.165) is 16.8 Å². The van der Waals surface area contributed by atoms with E-state index in [9.17, 15) is 0 Å². The van der Waals surface area contributed by atoms with Crippen LogP contribution in [0.1, 0.15) is 0 Å². The van der Waals surface area contributed by atoms with Gasteiger partial charge in [0.15, 0.2) is 0 Å². The van der Waals surface area contributed by atoms with E-state index < -0.39 is 0 Å². The van der Waals surface area contributed by atoms with Gasteiger partial charge in [0.1, 0.15) is 0 Å². The van der Waals surface area contributed by atoms with Crippen LogP contribution in [-0.2, 0) is 0 Å². The Morgan fingerprint density at radius 1 is 0.348 bits per heavy atom. The van der Waals surface area contributed by atoms with Crippen LogP contribution in [-0.4, -0.2) is 4.98 Å². The highest BCUT2D eigenvalue weighted by atomic mass is 32.1. The molecule has 0 bridgehead atoms. The van der Waals surface area contributed by atoms with E-state index in [1.165, 1.54) is 78.8 Å². The van der Waals surface area contributed by atoms with E-state index in [-0.39, 0.29) is 0 Å². The Morgan fingerprint density at radius 3 is 1.67 bits per heavy atom. The van der Waals surface area contributed by atoms with Crippen molar-refractivity contribution in [1.82, 2.24) is 4.98 Å². The summed E-state index contributed by atoms with van der Waals surface area (Å²) in [5, 5.41) is 8.98. The summed E-state index contributed by atoms with van der Waals surface area (Å²) in [6.45, 7) is 0. The second-order valence-electron chi connectivity index (χ2n) is 11.9. The molecule has 0 spiro atoms. The highest BCUT2D eigenvalue weighted by Crippen LogP contribution is 2.46. The molecule has 10 aromatic rings. The molecule has 3 heteroatoms. The number of fused-ring (bicyclic) bond motifs is 10. The summed E-state index contributed by atoms with van der Waals surface area (Å²) in [4.78, 5) is 5.17. The fraction of sp³-hybridized carbons (Fsp3) is 0. The van der Waals surface area contributed by atoms with Crippen molar-refractivity contribution in [2.24, 2.45) is 0 Å². The van der Waals surface area contributed by atoms with Crippen molar-refractivity contribution in [3.8, 4) is 33.5 Å². The summed E-state index contributed by atoms with van der Waals surface area (Å²) in [5.74, 6) is 0. The zero-order valence-corrected chi connectivity index (χ0v) is 26.3. The van der Waals surface area contributed by atoms with Crippen molar-refractivity contribution in [3.63, 3.8) is 0 Å². The van der Waals surface area contributed by atoms with Crippen LogP contribution in [0.25, 0.3) is 95.5 Å². The summed E-state index contributed by atoms with van der Waals surface area (Å²) in [5.41, 5.74) is 8.28. The van der Waals surface area contributed by atoms with Gasteiger partial charge in [0.05, 0.1) is 11.2 Å². The Morgan fingerprint density at radius 2 is 0.913 bits per heavy atom. The lowest BCUT2D eigenvalue weighted by atomic mass is 9.96. The van der Waals surface area contributed by atoms with Crippen molar-refractivity contribution >= 4 is 84.7 Å². The maximum Gasteiger partial charge on any atom is 0.0788 e. The molecule has 0 aliphatic carbocycles. The van der Waals surface area contributed by atoms with E-state index in [1.54, 1.807) is 0 Å². The fourth-order valence-corrected chi connectivity index (χ4v) is 9.77. The van der Waals surface area contributed by atoms with Crippen LogP contribution in [0.15, 0.2) is 152 Å². The molecule has 7 aromatic carbocycles. The minimum absolute atomic E-state index is 1.03. The Balaban J connectivity index is 1.17. The number of hydrogen-bond acceptors (Lipinski definition) is 3. The third kappa shape index (κ3) is 3.83. The van der Waals surface area contributed by atoms with Gasteiger partial charge in [-0.15, -0.1) is 22.7 Å². The van der Waals surface area contributed by atoms with Gasteiger partial charge in [-0.1, -0.05) is 140 Å². The van der Waals surface area contributed by atoms with Crippen LogP contribution in [0.5, 0.6) is 0 Å². The third-order valence-corrected chi connectivity index (χ3v) is 11.8. The zero-order chi connectivity index (χ0) is 30.2. The van der Waals surface area contributed by atoms with Crippen molar-refractivity contribution in [2.75, 3.05) is 0 Å². The molecule has 0 radical (unpaired) electrons. The highest BCUT2D eigenvalue weighted by Gasteiger charge is 2.18. The average Bonchev–Trinajstić information content (AvgIpc) is 3.70. The Kier molecular flexibility index (Phi) is 5.68. The molecule has 3 aromatic heterocycles. The molecule has 0 aliphatic heterocycles. The molecule has 10 rings (SSSR count). The second kappa shape index (κ2) is 10.1. The number of para-hydroxylation sites is 1. The van der Waals surface area contributed by atoms with E-state index in [1.807, 2.05) is 22.7 Å². The minimum atomic E-state index is 1.03. The average molecular weight is 620 g/mol. The van der Waals surface area contributed by atoms with Crippen LogP contribution < -0.4 is 0 Å². The molecule has 0 atom stereocenters. The summed E-state index contributed by atoms with van der Waals surface area (Å²) in [6, 6.07) is 55.1. The van der Waals surface area contributed by atoms with Crippen LogP contribution in [0.3, 0.4) is 0 Å². The SMILES string of the molecule is c1ccc(-c2nc3ccccc3c3c2ccc2c4cccc(-c5ccc(-c6cccc7c6sc6ccccc67)cc5)c4sc23)cc1. The van der Waals surface area contributed by atoms with Crippen molar-refractivity contribution in [3.05, 3.63) is 152 Å². The number of pyridine rings is 1. The highest BCUT2D eigenvalue weighted by molar-refractivity contribution is 7.27.